The van der Waals surface area contributed by atoms with E-state index in [-0.39, 0.29) is 30.6 Å². The molecule has 10 heteroatoms. The Kier molecular flexibility index (Phi) is 8.14. The first-order valence-electron chi connectivity index (χ1n) is 10.5. The van der Waals surface area contributed by atoms with Crippen molar-refractivity contribution < 1.29 is 32.3 Å². The zero-order chi connectivity index (χ0) is 24.1. The number of likely N-dealkylation sites (N-methyl/N-ethyl adjacent to an activating group) is 1. The number of benzene rings is 1. The number of halogens is 3. The Balaban J connectivity index is 1.94. The number of amides is 3. The van der Waals surface area contributed by atoms with Crippen molar-refractivity contribution >= 4 is 23.6 Å². The fourth-order valence-corrected chi connectivity index (χ4v) is 3.44. The Morgan fingerprint density at radius 3 is 2.25 bits per heavy atom. The van der Waals surface area contributed by atoms with Crippen molar-refractivity contribution in [1.82, 2.24) is 9.80 Å². The molecule has 178 valence electrons. The molecule has 0 radical (unpaired) electrons. The second kappa shape index (κ2) is 10.2. The number of anilines is 1. The molecular formula is C22H30F3N3O4. The van der Waals surface area contributed by atoms with Crippen LogP contribution in [-0.4, -0.2) is 59.5 Å². The molecule has 0 saturated carbocycles. The van der Waals surface area contributed by atoms with Crippen molar-refractivity contribution in [3.8, 4) is 0 Å². The summed E-state index contributed by atoms with van der Waals surface area (Å²) < 4.78 is 44.7. The van der Waals surface area contributed by atoms with Crippen LogP contribution < -0.4 is 5.32 Å². The number of rotatable bonds is 5. The highest BCUT2D eigenvalue weighted by Gasteiger charge is 2.35. The molecule has 1 saturated heterocycles. The smallest absolute Gasteiger partial charge is 0.418 e. The van der Waals surface area contributed by atoms with Gasteiger partial charge in [-0.3, -0.25) is 9.59 Å². The topological polar surface area (TPSA) is 79.0 Å². The minimum Gasteiger partial charge on any atom is -0.444 e. The fourth-order valence-electron chi connectivity index (χ4n) is 3.44. The zero-order valence-corrected chi connectivity index (χ0v) is 18.8. The number of para-hydroxylation sites is 1. The molecule has 7 nitrogen and oxygen atoms in total. The first kappa shape index (κ1) is 25.5. The largest absolute Gasteiger partial charge is 0.444 e. The molecule has 1 N–H and O–H groups in total. The highest BCUT2D eigenvalue weighted by atomic mass is 19.4. The van der Waals surface area contributed by atoms with Gasteiger partial charge < -0.3 is 19.9 Å². The average molecular weight is 457 g/mol. The SMILES string of the molecule is CCN(CC(=O)Nc1ccccc1C(F)(F)F)C(=O)C1CCN(C(=O)OC(C)(C)C)CC1. The quantitative estimate of drug-likeness (QED) is 0.721. The molecule has 0 atom stereocenters. The molecule has 0 spiro atoms. The molecule has 1 fully saturated rings. The third-order valence-electron chi connectivity index (χ3n) is 5.03. The van der Waals surface area contributed by atoms with Gasteiger partial charge >= 0.3 is 12.3 Å². The molecule has 1 aromatic rings. The Hall–Kier alpha value is -2.78. The molecule has 0 aromatic heterocycles. The zero-order valence-electron chi connectivity index (χ0n) is 18.8. The standard InChI is InChI=1S/C22H30F3N3O4/c1-5-27(14-18(29)26-17-9-7-6-8-16(17)22(23,24)25)19(30)15-10-12-28(13-11-15)20(31)32-21(2,3)4/h6-9,15H,5,10-14H2,1-4H3,(H,26,29). The third kappa shape index (κ3) is 7.13. The summed E-state index contributed by atoms with van der Waals surface area (Å²) in [6.45, 7) is 7.62. The summed E-state index contributed by atoms with van der Waals surface area (Å²) in [5.41, 5.74) is -1.91. The number of nitrogens with one attached hydrogen (secondary N) is 1. The van der Waals surface area contributed by atoms with Gasteiger partial charge in [0, 0.05) is 25.6 Å². The summed E-state index contributed by atoms with van der Waals surface area (Å²) in [6, 6.07) is 4.69. The van der Waals surface area contributed by atoms with Crippen molar-refractivity contribution in [1.29, 1.82) is 0 Å². The minimum atomic E-state index is -4.60. The highest BCUT2D eigenvalue weighted by Crippen LogP contribution is 2.34. The van der Waals surface area contributed by atoms with E-state index in [0.29, 0.717) is 25.9 Å². The Labute approximate surface area is 185 Å². The van der Waals surface area contributed by atoms with Gasteiger partial charge in [-0.15, -0.1) is 0 Å². The number of piperidine rings is 1. The molecule has 1 aliphatic heterocycles. The second-order valence-electron chi connectivity index (χ2n) is 8.69. The van der Waals surface area contributed by atoms with Crippen LogP contribution in [0.3, 0.4) is 0 Å². The van der Waals surface area contributed by atoms with Gasteiger partial charge in [-0.25, -0.2) is 4.79 Å². The normalized spacial score (nSPS) is 15.3. The van der Waals surface area contributed by atoms with Crippen LogP contribution in [0.1, 0.15) is 46.1 Å². The monoisotopic (exact) mass is 457 g/mol. The summed E-state index contributed by atoms with van der Waals surface area (Å²) in [6.07, 6.45) is -4.19. The summed E-state index contributed by atoms with van der Waals surface area (Å²) >= 11 is 0. The van der Waals surface area contributed by atoms with Crippen LogP contribution >= 0.6 is 0 Å². The predicted molar refractivity (Wildman–Crippen MR) is 113 cm³/mol. The van der Waals surface area contributed by atoms with Crippen LogP contribution in [0.4, 0.5) is 23.7 Å². The van der Waals surface area contributed by atoms with Gasteiger partial charge in [0.15, 0.2) is 0 Å². The van der Waals surface area contributed by atoms with Gasteiger partial charge in [0.05, 0.1) is 17.8 Å². The van der Waals surface area contributed by atoms with E-state index in [1.807, 2.05) is 0 Å². The van der Waals surface area contributed by atoms with Crippen LogP contribution in [0.5, 0.6) is 0 Å². The minimum absolute atomic E-state index is 0.236. The Morgan fingerprint density at radius 1 is 1.12 bits per heavy atom. The number of ether oxygens (including phenoxy) is 1. The summed E-state index contributed by atoms with van der Waals surface area (Å²) in [7, 11) is 0. The number of carbonyl (C=O) groups is 3. The summed E-state index contributed by atoms with van der Waals surface area (Å²) in [5, 5.41) is 2.26. The number of likely N-dealkylation sites (tertiary alicyclic amines) is 1. The number of hydrogen-bond acceptors (Lipinski definition) is 4. The summed E-state index contributed by atoms with van der Waals surface area (Å²) in [5.74, 6) is -1.33. The van der Waals surface area contributed by atoms with Gasteiger partial charge in [-0.1, -0.05) is 12.1 Å². The lowest BCUT2D eigenvalue weighted by Crippen LogP contribution is -2.47. The van der Waals surface area contributed by atoms with Crippen LogP contribution in [0, 0.1) is 5.92 Å². The molecular weight excluding hydrogens is 427 g/mol. The van der Waals surface area contributed by atoms with Crippen molar-refractivity contribution in [3.63, 3.8) is 0 Å². The first-order valence-corrected chi connectivity index (χ1v) is 10.5. The molecule has 0 unspecified atom stereocenters. The van der Waals surface area contributed by atoms with Crippen LogP contribution in [0.15, 0.2) is 24.3 Å². The maximum atomic E-state index is 13.1. The third-order valence-corrected chi connectivity index (χ3v) is 5.03. The molecule has 1 aliphatic rings. The molecule has 32 heavy (non-hydrogen) atoms. The highest BCUT2D eigenvalue weighted by molar-refractivity contribution is 5.95. The number of carbonyl (C=O) groups excluding carboxylic acids is 3. The lowest BCUT2D eigenvalue weighted by Gasteiger charge is -2.34. The van der Waals surface area contributed by atoms with Crippen LogP contribution in [0.2, 0.25) is 0 Å². The lowest BCUT2D eigenvalue weighted by atomic mass is 9.95. The predicted octanol–water partition coefficient (Wildman–Crippen LogP) is 4.14. The average Bonchev–Trinajstić information content (AvgIpc) is 2.70. The molecule has 0 bridgehead atoms. The van der Waals surface area contributed by atoms with E-state index in [1.54, 1.807) is 32.6 Å². The first-order chi connectivity index (χ1) is 14.8. The van der Waals surface area contributed by atoms with Gasteiger partial charge in [-0.2, -0.15) is 13.2 Å². The van der Waals surface area contributed by atoms with Gasteiger partial charge in [0.25, 0.3) is 0 Å². The van der Waals surface area contributed by atoms with Gasteiger partial charge in [-0.05, 0) is 52.7 Å². The molecule has 1 heterocycles. The lowest BCUT2D eigenvalue weighted by molar-refractivity contribution is -0.140. The van der Waals surface area contributed by atoms with Crippen molar-refractivity contribution in [3.05, 3.63) is 29.8 Å². The Morgan fingerprint density at radius 2 is 1.72 bits per heavy atom. The fraction of sp³-hybridized carbons (Fsp3) is 0.591. The van der Waals surface area contributed by atoms with E-state index in [4.69, 9.17) is 4.74 Å². The molecule has 2 rings (SSSR count). The van der Waals surface area contributed by atoms with E-state index >= 15 is 0 Å². The maximum Gasteiger partial charge on any atom is 0.418 e. The maximum absolute atomic E-state index is 13.1. The van der Waals surface area contributed by atoms with E-state index in [0.717, 1.165) is 6.07 Å². The number of alkyl halides is 3. The number of hydrogen-bond donors (Lipinski definition) is 1. The van der Waals surface area contributed by atoms with Gasteiger partial charge in [0.2, 0.25) is 11.8 Å². The van der Waals surface area contributed by atoms with E-state index < -0.39 is 29.3 Å². The second-order valence-corrected chi connectivity index (χ2v) is 8.69. The van der Waals surface area contributed by atoms with Crippen molar-refractivity contribution in [2.45, 2.75) is 52.3 Å². The molecule has 3 amide bonds. The van der Waals surface area contributed by atoms with E-state index in [9.17, 15) is 27.6 Å². The molecule has 1 aromatic carbocycles. The van der Waals surface area contributed by atoms with Crippen LogP contribution in [-0.2, 0) is 20.5 Å². The summed E-state index contributed by atoms with van der Waals surface area (Å²) in [4.78, 5) is 40.3. The van der Waals surface area contributed by atoms with Gasteiger partial charge in [0.1, 0.15) is 5.60 Å². The van der Waals surface area contributed by atoms with E-state index in [1.165, 1.54) is 23.1 Å². The van der Waals surface area contributed by atoms with Crippen molar-refractivity contribution in [2.75, 3.05) is 31.5 Å². The number of nitrogens with zero attached hydrogens (tertiary/aromatic N) is 2. The van der Waals surface area contributed by atoms with Crippen molar-refractivity contribution in [2.24, 2.45) is 5.92 Å². The molecule has 0 aliphatic carbocycles. The van der Waals surface area contributed by atoms with Crippen LogP contribution in [0.25, 0.3) is 0 Å². The van der Waals surface area contributed by atoms with E-state index in [2.05, 4.69) is 5.32 Å². The Bertz CT molecular complexity index is 828.